The Balaban J connectivity index is 3.33. The third kappa shape index (κ3) is 1.93. The Morgan fingerprint density at radius 2 is 2.17 bits per heavy atom. The average Bonchev–Trinajstić information content (AvgIpc) is 1.92. The molecule has 0 amide bonds. The van der Waals surface area contributed by atoms with E-state index in [1.807, 2.05) is 0 Å². The highest BCUT2D eigenvalue weighted by atomic mass is 79.9. The van der Waals surface area contributed by atoms with E-state index in [0.717, 1.165) is 12.3 Å². The van der Waals surface area contributed by atoms with E-state index in [4.69, 9.17) is 5.73 Å². The summed E-state index contributed by atoms with van der Waals surface area (Å²) in [6.07, 6.45) is 0.919. The minimum Gasteiger partial charge on any atom is -0.744 e. The molecule has 1 heterocycles. The van der Waals surface area contributed by atoms with Gasteiger partial charge in [-0.15, -0.1) is 0 Å². The molecule has 0 aromatic carbocycles. The SMILES string of the molecule is Nc1ncc(S(=O)(=O)[O-])cc1Br. The van der Waals surface area contributed by atoms with Crippen molar-refractivity contribution in [2.75, 3.05) is 5.73 Å². The lowest BCUT2D eigenvalue weighted by atomic mass is 10.5. The van der Waals surface area contributed by atoms with Gasteiger partial charge < -0.3 is 10.3 Å². The lowest BCUT2D eigenvalue weighted by molar-refractivity contribution is 0.462. The second-order valence-corrected chi connectivity index (χ2v) is 4.23. The Morgan fingerprint density at radius 1 is 1.58 bits per heavy atom. The van der Waals surface area contributed by atoms with Gasteiger partial charge in [0.15, 0.2) is 0 Å². The summed E-state index contributed by atoms with van der Waals surface area (Å²) < 4.78 is 31.6. The minimum atomic E-state index is -4.44. The highest BCUT2D eigenvalue weighted by molar-refractivity contribution is 9.10. The first kappa shape index (κ1) is 9.43. The molecular formula is C5H4BrN2O3S-. The molecule has 0 aliphatic carbocycles. The van der Waals surface area contributed by atoms with Crippen LogP contribution in [0.3, 0.4) is 0 Å². The maximum atomic E-state index is 10.4. The number of anilines is 1. The molecule has 2 N–H and O–H groups in total. The summed E-state index contributed by atoms with van der Waals surface area (Å²) in [6.45, 7) is 0. The van der Waals surface area contributed by atoms with Crippen LogP contribution >= 0.6 is 15.9 Å². The lowest BCUT2D eigenvalue weighted by Gasteiger charge is -2.06. The summed E-state index contributed by atoms with van der Waals surface area (Å²) in [5.74, 6) is 0.141. The van der Waals surface area contributed by atoms with E-state index in [2.05, 4.69) is 20.9 Å². The normalized spacial score (nSPS) is 11.5. The number of nitrogens with zero attached hydrogens (tertiary/aromatic N) is 1. The fourth-order valence-electron chi connectivity index (χ4n) is 0.568. The zero-order chi connectivity index (χ0) is 9.35. The number of nitrogens with two attached hydrogens (primary N) is 1. The molecular weight excluding hydrogens is 248 g/mol. The van der Waals surface area contributed by atoms with Crippen molar-refractivity contribution in [1.29, 1.82) is 0 Å². The first-order chi connectivity index (χ1) is 5.41. The Labute approximate surface area is 77.5 Å². The van der Waals surface area contributed by atoms with E-state index in [-0.39, 0.29) is 5.82 Å². The van der Waals surface area contributed by atoms with E-state index < -0.39 is 15.0 Å². The third-order valence-electron chi connectivity index (χ3n) is 1.13. The van der Waals surface area contributed by atoms with Gasteiger partial charge in [-0.3, -0.25) is 0 Å². The molecule has 1 rings (SSSR count). The number of hydrogen-bond acceptors (Lipinski definition) is 5. The van der Waals surface area contributed by atoms with Crippen LogP contribution in [0.25, 0.3) is 0 Å². The molecule has 12 heavy (non-hydrogen) atoms. The number of hydrogen-bond donors (Lipinski definition) is 1. The molecule has 0 aliphatic heterocycles. The van der Waals surface area contributed by atoms with Crippen molar-refractivity contribution in [2.45, 2.75) is 4.90 Å². The average molecular weight is 252 g/mol. The molecule has 1 aromatic rings. The summed E-state index contributed by atoms with van der Waals surface area (Å²) in [5.41, 5.74) is 5.28. The van der Waals surface area contributed by atoms with E-state index in [9.17, 15) is 13.0 Å². The Kier molecular flexibility index (Phi) is 2.36. The first-order valence-corrected chi connectivity index (χ1v) is 4.98. The molecule has 0 fully saturated rings. The predicted octanol–water partition coefficient (Wildman–Crippen LogP) is 0.330. The zero-order valence-corrected chi connectivity index (χ0v) is 8.09. The van der Waals surface area contributed by atoms with Crippen molar-refractivity contribution in [3.8, 4) is 0 Å². The molecule has 0 spiro atoms. The second-order valence-electron chi connectivity index (χ2n) is 1.99. The maximum Gasteiger partial charge on any atom is 0.137 e. The van der Waals surface area contributed by atoms with E-state index in [1.54, 1.807) is 0 Å². The van der Waals surface area contributed by atoms with Crippen LogP contribution in [-0.4, -0.2) is 18.0 Å². The van der Waals surface area contributed by atoms with E-state index in [0.29, 0.717) is 4.47 Å². The molecule has 0 radical (unpaired) electrons. The first-order valence-electron chi connectivity index (χ1n) is 2.78. The molecule has 0 atom stereocenters. The number of nitrogen functional groups attached to an aromatic ring is 1. The molecule has 0 aliphatic rings. The molecule has 1 aromatic heterocycles. The van der Waals surface area contributed by atoms with Gasteiger partial charge in [0, 0.05) is 6.20 Å². The van der Waals surface area contributed by atoms with Crippen LogP contribution in [0.4, 0.5) is 5.82 Å². The fraction of sp³-hybridized carbons (Fsp3) is 0. The number of pyridine rings is 1. The summed E-state index contributed by atoms with van der Waals surface area (Å²) in [7, 11) is -4.44. The molecule has 5 nitrogen and oxygen atoms in total. The van der Waals surface area contributed by atoms with Crippen molar-refractivity contribution in [3.05, 3.63) is 16.7 Å². The molecule has 0 bridgehead atoms. The van der Waals surface area contributed by atoms with Gasteiger partial charge in [-0.05, 0) is 22.0 Å². The van der Waals surface area contributed by atoms with Crippen LogP contribution in [-0.2, 0) is 10.1 Å². The summed E-state index contributed by atoms with van der Waals surface area (Å²) in [6, 6.07) is 1.12. The standard InChI is InChI=1S/C5H5BrN2O3S/c6-4-1-3(12(9,10)11)2-8-5(4)7/h1-2H,(H2,7,8)(H,9,10,11)/p-1. The number of halogens is 1. The van der Waals surface area contributed by atoms with Crippen LogP contribution in [0.2, 0.25) is 0 Å². The smallest absolute Gasteiger partial charge is 0.137 e. The van der Waals surface area contributed by atoms with Gasteiger partial charge >= 0.3 is 0 Å². The highest BCUT2D eigenvalue weighted by Gasteiger charge is 2.04. The number of rotatable bonds is 1. The third-order valence-corrected chi connectivity index (χ3v) is 2.57. The van der Waals surface area contributed by atoms with E-state index in [1.165, 1.54) is 0 Å². The lowest BCUT2D eigenvalue weighted by Crippen LogP contribution is -2.01. The van der Waals surface area contributed by atoms with Crippen LogP contribution in [0, 0.1) is 0 Å². The summed E-state index contributed by atoms with van der Waals surface area (Å²) in [4.78, 5) is 3.10. The van der Waals surface area contributed by atoms with Crippen molar-refractivity contribution < 1.29 is 13.0 Å². The summed E-state index contributed by atoms with van der Waals surface area (Å²) >= 11 is 2.95. The predicted molar refractivity (Wildman–Crippen MR) is 44.3 cm³/mol. The fourth-order valence-corrected chi connectivity index (χ4v) is 1.51. The van der Waals surface area contributed by atoms with Gasteiger partial charge in [-0.1, -0.05) is 0 Å². The number of aromatic nitrogens is 1. The van der Waals surface area contributed by atoms with Crippen molar-refractivity contribution >= 4 is 31.9 Å². The molecule has 7 heteroatoms. The van der Waals surface area contributed by atoms with Crippen LogP contribution < -0.4 is 5.73 Å². The monoisotopic (exact) mass is 251 g/mol. The Morgan fingerprint density at radius 3 is 2.58 bits per heavy atom. The molecule has 0 unspecified atom stereocenters. The topological polar surface area (TPSA) is 96.1 Å². The molecule has 66 valence electrons. The Hall–Kier alpha value is -0.660. The van der Waals surface area contributed by atoms with Gasteiger partial charge in [-0.25, -0.2) is 13.4 Å². The Bertz CT molecular complexity index is 403. The van der Waals surface area contributed by atoms with Gasteiger partial charge in [-0.2, -0.15) is 0 Å². The molecule has 0 saturated heterocycles. The molecule has 0 saturated carbocycles. The second kappa shape index (κ2) is 3.00. The van der Waals surface area contributed by atoms with Gasteiger partial charge in [0.1, 0.15) is 15.9 Å². The van der Waals surface area contributed by atoms with Gasteiger partial charge in [0.25, 0.3) is 0 Å². The zero-order valence-electron chi connectivity index (χ0n) is 5.69. The maximum absolute atomic E-state index is 10.4. The van der Waals surface area contributed by atoms with Crippen molar-refractivity contribution in [3.63, 3.8) is 0 Å². The van der Waals surface area contributed by atoms with Crippen LogP contribution in [0.1, 0.15) is 0 Å². The van der Waals surface area contributed by atoms with Gasteiger partial charge in [0.05, 0.1) is 9.37 Å². The highest BCUT2D eigenvalue weighted by Crippen LogP contribution is 2.19. The quantitative estimate of drug-likeness (QED) is 0.726. The summed E-state index contributed by atoms with van der Waals surface area (Å²) in [5, 5.41) is 0. The van der Waals surface area contributed by atoms with E-state index >= 15 is 0 Å². The van der Waals surface area contributed by atoms with Crippen LogP contribution in [0.15, 0.2) is 21.6 Å². The van der Waals surface area contributed by atoms with Crippen molar-refractivity contribution in [1.82, 2.24) is 4.98 Å². The largest absolute Gasteiger partial charge is 0.744 e. The van der Waals surface area contributed by atoms with Gasteiger partial charge in [0.2, 0.25) is 0 Å². The van der Waals surface area contributed by atoms with Crippen molar-refractivity contribution in [2.24, 2.45) is 0 Å². The van der Waals surface area contributed by atoms with Crippen LogP contribution in [0.5, 0.6) is 0 Å². The minimum absolute atomic E-state index is 0.141.